The van der Waals surface area contributed by atoms with Crippen molar-refractivity contribution in [3.8, 4) is 11.5 Å². The average molecular weight is 360 g/mol. The van der Waals surface area contributed by atoms with Crippen LogP contribution in [0.3, 0.4) is 0 Å². The molecule has 1 N–H and O–H groups in total. The van der Waals surface area contributed by atoms with Crippen molar-refractivity contribution < 1.29 is 9.47 Å². The van der Waals surface area contributed by atoms with Crippen LogP contribution in [0.2, 0.25) is 5.02 Å². The molecule has 2 aromatic rings. The van der Waals surface area contributed by atoms with Gasteiger partial charge in [-0.25, -0.2) is 0 Å². The number of benzene rings is 2. The summed E-state index contributed by atoms with van der Waals surface area (Å²) < 4.78 is 10.7. The van der Waals surface area contributed by atoms with E-state index in [4.69, 9.17) is 21.1 Å². The van der Waals surface area contributed by atoms with Gasteiger partial charge in [0.15, 0.2) is 16.7 Å². The Morgan fingerprint density at radius 3 is 2.88 bits per heavy atom. The molecule has 0 saturated heterocycles. The maximum Gasteiger partial charge on any atom is 0.231 e. The number of rotatable bonds is 3. The van der Waals surface area contributed by atoms with Gasteiger partial charge < -0.3 is 9.47 Å². The lowest BCUT2D eigenvalue weighted by molar-refractivity contribution is 0.174. The first-order chi connectivity index (χ1) is 11.8. The fourth-order valence-electron chi connectivity index (χ4n) is 2.43. The lowest BCUT2D eigenvalue weighted by atomic mass is 10.1. The van der Waals surface area contributed by atoms with Crippen molar-refractivity contribution >= 4 is 34.2 Å². The van der Waals surface area contributed by atoms with Gasteiger partial charge in [0.05, 0.1) is 12.3 Å². The summed E-state index contributed by atoms with van der Waals surface area (Å²) in [5.41, 5.74) is 5.95. The molecule has 2 aromatic carbocycles. The number of aliphatic imine (C=N–C) groups is 1. The van der Waals surface area contributed by atoms with Crippen LogP contribution in [-0.4, -0.2) is 23.4 Å². The molecule has 2 heterocycles. The zero-order valence-electron chi connectivity index (χ0n) is 12.7. The van der Waals surface area contributed by atoms with Crippen molar-refractivity contribution in [2.45, 2.75) is 6.54 Å². The topological polar surface area (TPSA) is 55.2 Å². The van der Waals surface area contributed by atoms with Crippen molar-refractivity contribution in [3.63, 3.8) is 0 Å². The van der Waals surface area contributed by atoms with E-state index in [1.54, 1.807) is 11.8 Å². The minimum Gasteiger partial charge on any atom is -0.454 e. The number of hydrogen-bond donors (Lipinski definition) is 1. The number of nitrogens with zero attached hydrogens (tertiary/aromatic N) is 2. The highest BCUT2D eigenvalue weighted by Crippen LogP contribution is 2.32. The summed E-state index contributed by atoms with van der Waals surface area (Å²) in [5.74, 6) is 2.29. The number of fused-ring (bicyclic) bond motifs is 1. The summed E-state index contributed by atoms with van der Waals surface area (Å²) in [7, 11) is 0. The van der Waals surface area contributed by atoms with E-state index in [-0.39, 0.29) is 6.79 Å². The van der Waals surface area contributed by atoms with Gasteiger partial charge in [0.1, 0.15) is 0 Å². The van der Waals surface area contributed by atoms with Crippen LogP contribution in [0.25, 0.3) is 0 Å². The second-order valence-corrected chi connectivity index (χ2v) is 6.62. The van der Waals surface area contributed by atoms with Crippen molar-refractivity contribution in [2.75, 3.05) is 12.5 Å². The Hall–Kier alpha value is -2.18. The molecule has 122 valence electrons. The van der Waals surface area contributed by atoms with Gasteiger partial charge >= 0.3 is 0 Å². The van der Waals surface area contributed by atoms with Crippen LogP contribution in [0.4, 0.5) is 0 Å². The van der Waals surface area contributed by atoms with E-state index in [2.05, 4.69) is 15.5 Å². The fourth-order valence-corrected chi connectivity index (χ4v) is 3.44. The van der Waals surface area contributed by atoms with Gasteiger partial charge in [-0.2, -0.15) is 5.10 Å². The number of amidine groups is 1. The molecule has 0 unspecified atom stereocenters. The summed E-state index contributed by atoms with van der Waals surface area (Å²) in [5, 5.41) is 5.90. The van der Waals surface area contributed by atoms with Gasteiger partial charge in [0.2, 0.25) is 6.79 Å². The normalized spacial score (nSPS) is 17.5. The first-order valence-corrected chi connectivity index (χ1v) is 8.79. The molecule has 0 atom stereocenters. The lowest BCUT2D eigenvalue weighted by Gasteiger charge is -2.15. The van der Waals surface area contributed by atoms with Crippen LogP contribution in [-0.2, 0) is 6.54 Å². The van der Waals surface area contributed by atoms with Crippen LogP contribution in [0.5, 0.6) is 11.5 Å². The Kier molecular flexibility index (Phi) is 4.32. The van der Waals surface area contributed by atoms with Crippen LogP contribution in [0.15, 0.2) is 52.6 Å². The van der Waals surface area contributed by atoms with Gasteiger partial charge in [-0.1, -0.05) is 47.6 Å². The molecule has 5 nitrogen and oxygen atoms in total. The monoisotopic (exact) mass is 359 g/mol. The highest BCUT2D eigenvalue weighted by atomic mass is 35.5. The molecule has 0 radical (unpaired) electrons. The Morgan fingerprint density at radius 2 is 2.04 bits per heavy atom. The standard InChI is InChI=1S/C17H14ClN3O2S/c18-13-4-2-1-3-12(13)14-9-24-17(21-20-14)19-8-11-5-6-15-16(7-11)23-10-22-15/h1-7H,8-10H2,(H,19,21). The SMILES string of the molecule is Clc1ccccc1C1=NNC(=NCc2ccc3c(c2)OCO3)SC1. The van der Waals surface area contributed by atoms with Gasteiger partial charge in [-0.15, -0.1) is 0 Å². The third-order valence-electron chi connectivity index (χ3n) is 3.66. The molecule has 0 aliphatic carbocycles. The predicted octanol–water partition coefficient (Wildman–Crippen LogP) is 3.67. The molecule has 2 aliphatic heterocycles. The number of hydrogen-bond acceptors (Lipinski definition) is 5. The van der Waals surface area contributed by atoms with Crippen molar-refractivity contribution in [1.29, 1.82) is 0 Å². The molecule has 0 aromatic heterocycles. The minimum absolute atomic E-state index is 0.282. The summed E-state index contributed by atoms with van der Waals surface area (Å²) >= 11 is 7.82. The molecule has 0 saturated carbocycles. The van der Waals surface area contributed by atoms with E-state index in [1.165, 1.54) is 0 Å². The first kappa shape index (κ1) is 15.4. The maximum absolute atomic E-state index is 6.21. The van der Waals surface area contributed by atoms with Crippen LogP contribution in [0, 0.1) is 0 Å². The van der Waals surface area contributed by atoms with Crippen molar-refractivity contribution in [2.24, 2.45) is 10.1 Å². The largest absolute Gasteiger partial charge is 0.454 e. The zero-order chi connectivity index (χ0) is 16.4. The van der Waals surface area contributed by atoms with E-state index in [9.17, 15) is 0 Å². The number of thioether (sulfide) groups is 1. The average Bonchev–Trinajstić information content (AvgIpc) is 3.09. The third-order valence-corrected chi connectivity index (χ3v) is 4.90. The second-order valence-electron chi connectivity index (χ2n) is 5.25. The fraction of sp³-hybridized carbons (Fsp3) is 0.176. The lowest BCUT2D eigenvalue weighted by Crippen LogP contribution is -2.25. The summed E-state index contributed by atoms with van der Waals surface area (Å²) in [6.45, 7) is 0.840. The van der Waals surface area contributed by atoms with E-state index in [1.807, 2.05) is 42.5 Å². The molecule has 2 aliphatic rings. The third kappa shape index (κ3) is 3.20. The van der Waals surface area contributed by atoms with Crippen LogP contribution in [0.1, 0.15) is 11.1 Å². The molecule has 24 heavy (non-hydrogen) atoms. The maximum atomic E-state index is 6.21. The Balaban J connectivity index is 1.44. The number of ether oxygens (including phenoxy) is 2. The molecule has 0 spiro atoms. The van der Waals surface area contributed by atoms with E-state index >= 15 is 0 Å². The number of nitrogens with one attached hydrogen (secondary N) is 1. The van der Waals surface area contributed by atoms with Gasteiger partial charge in [-0.3, -0.25) is 10.4 Å². The highest BCUT2D eigenvalue weighted by molar-refractivity contribution is 8.14. The first-order valence-electron chi connectivity index (χ1n) is 7.43. The summed E-state index contributed by atoms with van der Waals surface area (Å²) in [6, 6.07) is 13.6. The van der Waals surface area contributed by atoms with Crippen LogP contribution >= 0.6 is 23.4 Å². The molecule has 0 fully saturated rings. The van der Waals surface area contributed by atoms with Crippen LogP contribution < -0.4 is 14.9 Å². The van der Waals surface area contributed by atoms with E-state index < -0.39 is 0 Å². The van der Waals surface area contributed by atoms with Gasteiger partial charge in [0, 0.05) is 16.3 Å². The minimum atomic E-state index is 0.282. The molecule has 7 heteroatoms. The Bertz CT molecular complexity index is 838. The summed E-state index contributed by atoms with van der Waals surface area (Å²) in [4.78, 5) is 4.56. The quantitative estimate of drug-likeness (QED) is 0.908. The zero-order valence-corrected chi connectivity index (χ0v) is 14.2. The highest BCUT2D eigenvalue weighted by Gasteiger charge is 2.16. The Labute approximate surface area is 148 Å². The van der Waals surface area contributed by atoms with Gasteiger partial charge in [0.25, 0.3) is 0 Å². The smallest absolute Gasteiger partial charge is 0.231 e. The summed E-state index contributed by atoms with van der Waals surface area (Å²) in [6.07, 6.45) is 0. The van der Waals surface area contributed by atoms with Gasteiger partial charge in [-0.05, 0) is 23.8 Å². The molecule has 0 bridgehead atoms. The molecule has 4 rings (SSSR count). The van der Waals surface area contributed by atoms with Crippen molar-refractivity contribution in [1.82, 2.24) is 5.43 Å². The number of hydrazone groups is 1. The van der Waals surface area contributed by atoms with E-state index in [0.29, 0.717) is 11.6 Å². The number of halogens is 1. The molecule has 0 amide bonds. The second kappa shape index (κ2) is 6.75. The van der Waals surface area contributed by atoms with Crippen molar-refractivity contribution in [3.05, 3.63) is 58.6 Å². The molecular formula is C17H14ClN3O2S. The predicted molar refractivity (Wildman–Crippen MR) is 97.3 cm³/mol. The molecular weight excluding hydrogens is 346 g/mol. The van der Waals surface area contributed by atoms with E-state index in [0.717, 1.165) is 39.3 Å². The Morgan fingerprint density at radius 1 is 1.17 bits per heavy atom.